The average molecular weight is 262 g/mol. The molecule has 0 spiro atoms. The van der Waals surface area contributed by atoms with Crippen molar-refractivity contribution in [1.29, 1.82) is 0 Å². The molecule has 0 saturated carbocycles. The zero-order valence-electron chi connectivity index (χ0n) is 10.6. The Labute approximate surface area is 111 Å². The van der Waals surface area contributed by atoms with E-state index in [1.54, 1.807) is 11.3 Å². The number of piperidine rings is 1. The normalized spacial score (nSPS) is 21.3. The molecule has 3 heterocycles. The minimum absolute atomic E-state index is 0.667. The van der Waals surface area contributed by atoms with E-state index in [0.717, 1.165) is 22.9 Å². The van der Waals surface area contributed by atoms with Crippen LogP contribution in [0.1, 0.15) is 31.9 Å². The monoisotopic (exact) mass is 262 g/mol. The lowest BCUT2D eigenvalue weighted by Gasteiger charge is -2.32. The molecule has 0 radical (unpaired) electrons. The molecule has 2 aromatic rings. The van der Waals surface area contributed by atoms with Crippen molar-refractivity contribution < 1.29 is 4.52 Å². The number of aromatic nitrogens is 1. The highest BCUT2D eigenvalue weighted by Crippen LogP contribution is 2.26. The second-order valence-corrected chi connectivity index (χ2v) is 5.92. The molecule has 0 unspecified atom stereocenters. The van der Waals surface area contributed by atoms with Crippen LogP contribution in [-0.4, -0.2) is 22.6 Å². The van der Waals surface area contributed by atoms with Crippen molar-refractivity contribution in [2.24, 2.45) is 0 Å². The molecular formula is C14H18N2OS. The second-order valence-electron chi connectivity index (χ2n) is 4.98. The summed E-state index contributed by atoms with van der Waals surface area (Å²) in [5, 5.41) is 6.25. The predicted molar refractivity (Wildman–Crippen MR) is 73.5 cm³/mol. The highest BCUT2D eigenvalue weighted by Gasteiger charge is 2.19. The largest absolute Gasteiger partial charge is 0.355 e. The van der Waals surface area contributed by atoms with Gasteiger partial charge in [0.05, 0.1) is 10.6 Å². The first-order valence-corrected chi connectivity index (χ1v) is 7.44. The van der Waals surface area contributed by atoms with Crippen LogP contribution in [0.15, 0.2) is 28.1 Å². The number of thiophene rings is 1. The summed E-state index contributed by atoms with van der Waals surface area (Å²) in [4.78, 5) is 3.65. The van der Waals surface area contributed by atoms with Crippen LogP contribution in [0.2, 0.25) is 0 Å². The highest BCUT2D eigenvalue weighted by molar-refractivity contribution is 7.13. The standard InChI is InChI=1S/C14H18N2OS/c1-11-5-2-3-7-16(11)10-12-9-13(17-15-12)14-6-4-8-18-14/h4,6,8-9,11H,2-3,5,7,10H2,1H3/t11-/m0/s1. The van der Waals surface area contributed by atoms with Crippen LogP contribution >= 0.6 is 11.3 Å². The summed E-state index contributed by atoms with van der Waals surface area (Å²) in [6.07, 6.45) is 3.96. The summed E-state index contributed by atoms with van der Waals surface area (Å²) in [5.74, 6) is 0.893. The fraction of sp³-hybridized carbons (Fsp3) is 0.500. The first kappa shape index (κ1) is 11.9. The van der Waals surface area contributed by atoms with Crippen molar-refractivity contribution in [2.45, 2.75) is 38.8 Å². The molecule has 0 aromatic carbocycles. The molecule has 0 amide bonds. The molecule has 3 rings (SSSR count). The predicted octanol–water partition coefficient (Wildman–Crippen LogP) is 3.78. The Kier molecular flexibility index (Phi) is 3.48. The van der Waals surface area contributed by atoms with Crippen LogP contribution in [0.5, 0.6) is 0 Å². The minimum atomic E-state index is 0.667. The molecule has 1 saturated heterocycles. The summed E-state index contributed by atoms with van der Waals surface area (Å²) in [6.45, 7) is 4.40. The molecule has 18 heavy (non-hydrogen) atoms. The van der Waals surface area contributed by atoms with Gasteiger partial charge in [-0.1, -0.05) is 17.6 Å². The lowest BCUT2D eigenvalue weighted by atomic mass is 10.0. The summed E-state index contributed by atoms with van der Waals surface area (Å²) in [5.41, 5.74) is 1.05. The molecule has 0 bridgehead atoms. The Balaban J connectivity index is 1.70. The Bertz CT molecular complexity index is 492. The fourth-order valence-corrected chi connectivity index (χ4v) is 3.20. The average Bonchev–Trinajstić information content (AvgIpc) is 3.02. The summed E-state index contributed by atoms with van der Waals surface area (Å²) >= 11 is 1.69. The van der Waals surface area contributed by atoms with Gasteiger partial charge < -0.3 is 4.52 Å². The van der Waals surface area contributed by atoms with Crippen molar-refractivity contribution in [3.8, 4) is 10.6 Å². The van der Waals surface area contributed by atoms with E-state index in [2.05, 4.69) is 34.5 Å². The van der Waals surface area contributed by atoms with E-state index < -0.39 is 0 Å². The topological polar surface area (TPSA) is 29.3 Å². The van der Waals surface area contributed by atoms with Crippen LogP contribution in [0, 0.1) is 0 Å². The molecule has 2 aromatic heterocycles. The van der Waals surface area contributed by atoms with Crippen molar-refractivity contribution >= 4 is 11.3 Å². The molecule has 4 heteroatoms. The van der Waals surface area contributed by atoms with Gasteiger partial charge >= 0.3 is 0 Å². The van der Waals surface area contributed by atoms with Gasteiger partial charge in [-0.05, 0) is 37.8 Å². The van der Waals surface area contributed by atoms with E-state index in [9.17, 15) is 0 Å². The van der Waals surface area contributed by atoms with Gasteiger partial charge in [0.1, 0.15) is 0 Å². The Morgan fingerprint density at radius 3 is 3.22 bits per heavy atom. The molecule has 96 valence electrons. The zero-order valence-corrected chi connectivity index (χ0v) is 11.4. The molecule has 0 aliphatic carbocycles. The lowest BCUT2D eigenvalue weighted by molar-refractivity contribution is 0.149. The van der Waals surface area contributed by atoms with Crippen LogP contribution in [0.25, 0.3) is 10.6 Å². The highest BCUT2D eigenvalue weighted by atomic mass is 32.1. The number of hydrogen-bond acceptors (Lipinski definition) is 4. The van der Waals surface area contributed by atoms with Crippen molar-refractivity contribution in [2.75, 3.05) is 6.54 Å². The zero-order chi connectivity index (χ0) is 12.4. The number of nitrogens with zero attached hydrogens (tertiary/aromatic N) is 2. The maximum absolute atomic E-state index is 5.42. The SMILES string of the molecule is C[C@H]1CCCCN1Cc1cc(-c2cccs2)on1. The van der Waals surface area contributed by atoms with Gasteiger partial charge in [0.25, 0.3) is 0 Å². The molecule has 1 aliphatic heterocycles. The Morgan fingerprint density at radius 2 is 2.44 bits per heavy atom. The van der Waals surface area contributed by atoms with E-state index in [1.165, 1.54) is 25.8 Å². The third-order valence-electron chi connectivity index (χ3n) is 3.63. The van der Waals surface area contributed by atoms with E-state index in [1.807, 2.05) is 6.07 Å². The van der Waals surface area contributed by atoms with Crippen LogP contribution < -0.4 is 0 Å². The molecule has 1 fully saturated rings. The van der Waals surface area contributed by atoms with Crippen molar-refractivity contribution in [1.82, 2.24) is 10.1 Å². The smallest absolute Gasteiger partial charge is 0.177 e. The fourth-order valence-electron chi connectivity index (χ4n) is 2.52. The first-order valence-electron chi connectivity index (χ1n) is 6.56. The van der Waals surface area contributed by atoms with Gasteiger partial charge in [0.2, 0.25) is 0 Å². The van der Waals surface area contributed by atoms with Crippen LogP contribution in [-0.2, 0) is 6.54 Å². The maximum atomic E-state index is 5.42. The quantitative estimate of drug-likeness (QED) is 0.843. The molecule has 0 N–H and O–H groups in total. The molecule has 3 nitrogen and oxygen atoms in total. The van der Waals surface area contributed by atoms with E-state index in [0.29, 0.717) is 6.04 Å². The Morgan fingerprint density at radius 1 is 1.50 bits per heavy atom. The molecule has 1 aliphatic rings. The van der Waals surface area contributed by atoms with E-state index >= 15 is 0 Å². The minimum Gasteiger partial charge on any atom is -0.355 e. The van der Waals surface area contributed by atoms with E-state index in [-0.39, 0.29) is 0 Å². The van der Waals surface area contributed by atoms with Crippen LogP contribution in [0.3, 0.4) is 0 Å². The third kappa shape index (κ3) is 2.49. The summed E-state index contributed by atoms with van der Waals surface area (Å²) < 4.78 is 5.42. The molecule has 1 atom stereocenters. The van der Waals surface area contributed by atoms with E-state index in [4.69, 9.17) is 4.52 Å². The van der Waals surface area contributed by atoms with Gasteiger partial charge in [-0.2, -0.15) is 0 Å². The van der Waals surface area contributed by atoms with Crippen molar-refractivity contribution in [3.63, 3.8) is 0 Å². The summed E-state index contributed by atoms with van der Waals surface area (Å²) in [6, 6.07) is 6.85. The van der Waals surface area contributed by atoms with Crippen LogP contribution in [0.4, 0.5) is 0 Å². The number of rotatable bonds is 3. The van der Waals surface area contributed by atoms with Gasteiger partial charge in [-0.25, -0.2) is 0 Å². The van der Waals surface area contributed by atoms with Crippen molar-refractivity contribution in [3.05, 3.63) is 29.3 Å². The third-order valence-corrected chi connectivity index (χ3v) is 4.51. The lowest BCUT2D eigenvalue weighted by Crippen LogP contribution is -2.36. The van der Waals surface area contributed by atoms with Gasteiger partial charge in [-0.3, -0.25) is 4.90 Å². The number of hydrogen-bond donors (Lipinski definition) is 0. The second kappa shape index (κ2) is 5.24. The Hall–Kier alpha value is -1.13. The maximum Gasteiger partial charge on any atom is 0.177 e. The van der Waals surface area contributed by atoms with Gasteiger partial charge in [-0.15, -0.1) is 11.3 Å². The number of likely N-dealkylation sites (tertiary alicyclic amines) is 1. The first-order chi connectivity index (χ1) is 8.83. The van der Waals surface area contributed by atoms with Gasteiger partial charge in [0, 0.05) is 18.7 Å². The van der Waals surface area contributed by atoms with Gasteiger partial charge in [0.15, 0.2) is 5.76 Å². The summed E-state index contributed by atoms with van der Waals surface area (Å²) in [7, 11) is 0. The molecular weight excluding hydrogens is 244 g/mol.